The van der Waals surface area contributed by atoms with Crippen LogP contribution in [0.1, 0.15) is 13.8 Å². The Bertz CT molecular complexity index is 2300. The summed E-state index contributed by atoms with van der Waals surface area (Å²) >= 11 is 0. The number of nitrogens with zero attached hydrogens (tertiary/aromatic N) is 7. The number of rotatable bonds is 10. The van der Waals surface area contributed by atoms with E-state index in [4.69, 9.17) is 0 Å². The number of benzene rings is 5. The molecule has 18 nitrogen and oxygen atoms in total. The van der Waals surface area contributed by atoms with Crippen LogP contribution < -0.4 is 25.3 Å². The number of azo groups is 2. The van der Waals surface area contributed by atoms with Gasteiger partial charge < -0.3 is 29.9 Å². The van der Waals surface area contributed by atoms with Gasteiger partial charge in [0.15, 0.2) is 0 Å². The Labute approximate surface area is 305 Å². The first-order valence-corrected chi connectivity index (χ1v) is 16.0. The maximum Gasteiger partial charge on any atom is 3.00 e. The summed E-state index contributed by atoms with van der Waals surface area (Å²) in [6.45, 7) is 5.54. The average Bonchev–Trinajstić information content (AvgIpc) is 3.08. The molecule has 20 heteroatoms. The Morgan fingerprint density at radius 2 is 1.06 bits per heavy atom. The van der Waals surface area contributed by atoms with Gasteiger partial charge >= 0.3 is 17.4 Å². The van der Waals surface area contributed by atoms with Crippen molar-refractivity contribution < 1.29 is 60.6 Å². The molecule has 52 heavy (non-hydrogen) atoms. The fourth-order valence-corrected chi connectivity index (χ4v) is 5.26. The Hall–Kier alpha value is -6.20. The minimum atomic E-state index is -4.77. The first kappa shape index (κ1) is 40.2. The van der Waals surface area contributed by atoms with Crippen molar-refractivity contribution in [2.45, 2.75) is 18.7 Å². The van der Waals surface area contributed by atoms with Gasteiger partial charge in [-0.1, -0.05) is 41.2 Å². The van der Waals surface area contributed by atoms with Crippen LogP contribution in [0, 0.1) is 20.2 Å². The summed E-state index contributed by atoms with van der Waals surface area (Å²) in [6.07, 6.45) is 0. The molecule has 0 aliphatic rings. The van der Waals surface area contributed by atoms with Crippen LogP contribution in [-0.4, -0.2) is 35.9 Å². The van der Waals surface area contributed by atoms with Crippen LogP contribution in [-0.2, 0) is 27.5 Å². The number of nitro benzene ring substituents is 2. The van der Waals surface area contributed by atoms with Crippen LogP contribution in [0.4, 0.5) is 39.8 Å². The zero-order valence-electron chi connectivity index (χ0n) is 26.9. The fourth-order valence-electron chi connectivity index (χ4n) is 4.57. The summed E-state index contributed by atoms with van der Waals surface area (Å²) in [5, 5.41) is 84.0. The van der Waals surface area contributed by atoms with Crippen LogP contribution in [0.3, 0.4) is 0 Å². The summed E-state index contributed by atoms with van der Waals surface area (Å²) in [5.41, 5.74) is -0.287. The van der Waals surface area contributed by atoms with E-state index in [-0.39, 0.29) is 62.3 Å². The van der Waals surface area contributed by atoms with E-state index in [1.165, 1.54) is 42.5 Å². The van der Waals surface area contributed by atoms with Crippen molar-refractivity contribution >= 4 is 60.7 Å². The number of fused-ring (bicyclic) bond motifs is 1. The van der Waals surface area contributed by atoms with Crippen molar-refractivity contribution in [3.8, 4) is 23.0 Å². The van der Waals surface area contributed by atoms with E-state index >= 15 is 0 Å². The molecule has 5 aromatic rings. The van der Waals surface area contributed by atoms with E-state index in [1.807, 2.05) is 18.7 Å². The molecule has 0 amide bonds. The molecule has 1 radical (unpaired) electrons. The monoisotopic (exact) mass is 766 g/mol. The third-order valence-electron chi connectivity index (χ3n) is 7.13. The number of hydrogen-bond donors (Lipinski definition) is 0. The maximum absolute atomic E-state index is 12.4. The molecule has 0 saturated carbocycles. The van der Waals surface area contributed by atoms with Gasteiger partial charge in [0.2, 0.25) is 0 Å². The first-order valence-electron chi connectivity index (χ1n) is 14.6. The molecular formula is C32H24CrN7O11S-2. The molecule has 0 unspecified atom stereocenters. The number of anilines is 1. The van der Waals surface area contributed by atoms with Gasteiger partial charge in [0, 0.05) is 43.0 Å². The van der Waals surface area contributed by atoms with Gasteiger partial charge in [-0.2, -0.15) is 20.5 Å². The largest absolute Gasteiger partial charge is 3.00 e. The zero-order chi connectivity index (χ0) is 37.5. The van der Waals surface area contributed by atoms with Gasteiger partial charge in [0.1, 0.15) is 10.1 Å². The van der Waals surface area contributed by atoms with Crippen molar-refractivity contribution in [3.63, 3.8) is 0 Å². The van der Waals surface area contributed by atoms with Crippen molar-refractivity contribution in [1.29, 1.82) is 0 Å². The van der Waals surface area contributed by atoms with Crippen molar-refractivity contribution in [2.75, 3.05) is 18.0 Å². The number of nitro groups is 2. The van der Waals surface area contributed by atoms with Crippen molar-refractivity contribution in [2.24, 2.45) is 20.5 Å². The van der Waals surface area contributed by atoms with Gasteiger partial charge in [0.25, 0.3) is 11.4 Å². The molecule has 5 rings (SSSR count). The van der Waals surface area contributed by atoms with Crippen LogP contribution >= 0.6 is 0 Å². The minimum Gasteiger partial charge on any atom is -0.871 e. The van der Waals surface area contributed by atoms with Gasteiger partial charge in [0.05, 0.1) is 37.5 Å². The molecule has 0 fully saturated rings. The van der Waals surface area contributed by atoms with Crippen LogP contribution in [0.5, 0.6) is 23.0 Å². The topological polar surface area (TPSA) is 288 Å². The standard InChI is InChI=1S/C16H18N4O4.C16H11N3O7S.Cr/c1-3-19(4-2)11-5-7-13(15(21)9-11)17-18-14-8-6-12(20(23)24)10-16(14)22;20-14-8-9(19(22)23)4-6-12(14)17-18-13-7-5-10-11(16(13)21)2-1-3-15(10)27(24,25)26;/h5-10,21-22H,3-4H2,1-2H3;1-8,20-21H,(H,24,25,26);/q;;+3/p-5. The Morgan fingerprint density at radius 3 is 1.48 bits per heavy atom. The normalized spacial score (nSPS) is 11.2. The molecule has 0 saturated heterocycles. The van der Waals surface area contributed by atoms with Crippen molar-refractivity contribution in [1.82, 2.24) is 0 Å². The number of hydrogen-bond acceptors (Lipinski definition) is 16. The fraction of sp³-hybridized carbons (Fsp3) is 0.125. The minimum absolute atomic E-state index is 0. The molecule has 0 spiro atoms. The molecular weight excluding hydrogens is 742 g/mol. The van der Waals surface area contributed by atoms with E-state index in [9.17, 15) is 53.6 Å². The van der Waals surface area contributed by atoms with Gasteiger partial charge in [-0.25, -0.2) is 8.42 Å². The molecule has 0 atom stereocenters. The van der Waals surface area contributed by atoms with E-state index in [2.05, 4.69) is 20.5 Å². The quantitative estimate of drug-likeness (QED) is 0.0765. The number of non-ortho nitro benzene ring substituents is 2. The second-order valence-corrected chi connectivity index (χ2v) is 11.6. The van der Waals surface area contributed by atoms with Crippen LogP contribution in [0.15, 0.2) is 110 Å². The zero-order valence-corrected chi connectivity index (χ0v) is 29.0. The molecule has 267 valence electrons. The van der Waals surface area contributed by atoms with E-state index in [0.29, 0.717) is 0 Å². The third-order valence-corrected chi connectivity index (χ3v) is 8.03. The van der Waals surface area contributed by atoms with E-state index in [0.717, 1.165) is 55.2 Å². The van der Waals surface area contributed by atoms with Crippen LogP contribution in [0.25, 0.3) is 10.8 Å². The second-order valence-electron chi connectivity index (χ2n) is 10.3. The summed E-state index contributed by atoms with van der Waals surface area (Å²) < 4.78 is 33.9. The van der Waals surface area contributed by atoms with Crippen molar-refractivity contribution in [3.05, 3.63) is 105 Å². The van der Waals surface area contributed by atoms with Crippen LogP contribution in [0.2, 0.25) is 0 Å². The van der Waals surface area contributed by atoms with E-state index < -0.39 is 47.8 Å². The molecule has 0 aliphatic heterocycles. The first-order chi connectivity index (χ1) is 24.1. The summed E-state index contributed by atoms with van der Waals surface area (Å²) in [4.78, 5) is 21.3. The predicted octanol–water partition coefficient (Wildman–Crippen LogP) is 5.22. The molecule has 5 aromatic carbocycles. The molecule has 0 aromatic heterocycles. The second kappa shape index (κ2) is 17.1. The molecule has 0 bridgehead atoms. The van der Waals surface area contributed by atoms with Gasteiger partial charge in [-0.15, -0.1) is 0 Å². The smallest absolute Gasteiger partial charge is 0.871 e. The van der Waals surface area contributed by atoms with E-state index in [1.54, 1.807) is 6.07 Å². The summed E-state index contributed by atoms with van der Waals surface area (Å²) in [6, 6.07) is 17.0. The average molecular weight is 767 g/mol. The Balaban J connectivity index is 0.000000277. The maximum atomic E-state index is 12.4. The third kappa shape index (κ3) is 9.52. The summed E-state index contributed by atoms with van der Waals surface area (Å²) in [7, 11) is -4.77. The van der Waals surface area contributed by atoms with Gasteiger partial charge in [-0.05, 0) is 67.1 Å². The predicted molar refractivity (Wildman–Crippen MR) is 174 cm³/mol. The van der Waals surface area contributed by atoms with Gasteiger partial charge in [-0.3, -0.25) is 20.2 Å². The Kier molecular flexibility index (Phi) is 13.3. The Morgan fingerprint density at radius 1 is 0.615 bits per heavy atom. The SMILES string of the molecule is CCN(CC)c1ccc(N=Nc2ccc([N+](=O)[O-])cc2[O-])c([O-])c1.O=[N+]([O-])c1ccc(N=Nc2ccc3c(S(=O)(=O)[O-])cccc3c2[O-])c([O-])c1.[Cr+3]. The summed E-state index contributed by atoms with van der Waals surface area (Å²) in [5.74, 6) is -2.37. The molecule has 0 N–H and O–H groups in total. The molecule has 0 aliphatic carbocycles. The molecule has 0 heterocycles.